The molecule has 0 aliphatic carbocycles. The van der Waals surface area contributed by atoms with Gasteiger partial charge in [0, 0.05) is 28.4 Å². The summed E-state index contributed by atoms with van der Waals surface area (Å²) in [6, 6.07) is 5.77. The quantitative estimate of drug-likeness (QED) is 0.725. The number of rotatable bonds is 2. The third-order valence-electron chi connectivity index (χ3n) is 3.11. The minimum absolute atomic E-state index is 0.579. The molecule has 0 aliphatic heterocycles. The predicted octanol–water partition coefficient (Wildman–Crippen LogP) is 3.53. The normalized spacial score (nSPS) is 10.8. The topological polar surface area (TPSA) is 50.9 Å². The second kappa shape index (κ2) is 4.51. The lowest BCUT2D eigenvalue weighted by atomic mass is 10.2. The second-order valence-corrected chi connectivity index (χ2v) is 5.43. The Hall–Kier alpha value is -2.14. The molecule has 0 bridgehead atoms. The van der Waals surface area contributed by atoms with Gasteiger partial charge in [-0.3, -0.25) is 4.98 Å². The van der Waals surface area contributed by atoms with Crippen molar-refractivity contribution in [1.82, 2.24) is 14.7 Å². The summed E-state index contributed by atoms with van der Waals surface area (Å²) in [6.45, 7) is 3.87. The van der Waals surface area contributed by atoms with Gasteiger partial charge in [-0.15, -0.1) is 11.3 Å². The summed E-state index contributed by atoms with van der Waals surface area (Å²) in [7, 11) is 0. The average Bonchev–Trinajstić information content (AvgIpc) is 2.97. The fourth-order valence-electron chi connectivity index (χ4n) is 2.06. The smallest absolute Gasteiger partial charge is 0.177 e. The zero-order valence-electron chi connectivity index (χ0n) is 10.7. The largest absolute Gasteiger partial charge is 0.427 e. The molecule has 1 N–H and O–H groups in total. The van der Waals surface area contributed by atoms with E-state index in [1.165, 1.54) is 0 Å². The Morgan fingerprint density at radius 2 is 2.11 bits per heavy atom. The van der Waals surface area contributed by atoms with Crippen molar-refractivity contribution in [3.8, 4) is 22.6 Å². The van der Waals surface area contributed by atoms with Crippen LogP contribution >= 0.6 is 11.3 Å². The molecule has 0 saturated heterocycles. The Kier molecular flexibility index (Phi) is 2.83. The number of thiophene rings is 1. The van der Waals surface area contributed by atoms with E-state index in [0.29, 0.717) is 11.5 Å². The second-order valence-electron chi connectivity index (χ2n) is 4.31. The number of hydrogen-bond acceptors (Lipinski definition) is 4. The van der Waals surface area contributed by atoms with Crippen molar-refractivity contribution < 1.29 is 5.21 Å². The molecule has 0 amide bonds. The van der Waals surface area contributed by atoms with E-state index >= 15 is 0 Å². The van der Waals surface area contributed by atoms with Gasteiger partial charge in [0.05, 0.1) is 11.4 Å². The van der Waals surface area contributed by atoms with Crippen molar-refractivity contribution >= 4 is 11.3 Å². The third-order valence-corrected chi connectivity index (χ3v) is 3.96. The van der Waals surface area contributed by atoms with Crippen molar-refractivity contribution in [1.29, 1.82) is 0 Å². The van der Waals surface area contributed by atoms with E-state index in [1.54, 1.807) is 23.7 Å². The van der Waals surface area contributed by atoms with Gasteiger partial charge >= 0.3 is 0 Å². The van der Waals surface area contributed by atoms with Crippen LogP contribution in [0.1, 0.15) is 10.6 Å². The fraction of sp³-hybridized carbons (Fsp3) is 0.143. The first kappa shape index (κ1) is 11.9. The lowest BCUT2D eigenvalue weighted by Gasteiger charge is -2.00. The molecule has 5 heteroatoms. The predicted molar refractivity (Wildman–Crippen MR) is 75.4 cm³/mol. The van der Waals surface area contributed by atoms with Crippen LogP contribution in [0.3, 0.4) is 0 Å². The molecule has 0 saturated carbocycles. The van der Waals surface area contributed by atoms with Gasteiger partial charge in [-0.1, -0.05) is 0 Å². The number of pyridine rings is 1. The van der Waals surface area contributed by atoms with E-state index in [0.717, 1.165) is 26.4 Å². The van der Waals surface area contributed by atoms with Gasteiger partial charge in [0.1, 0.15) is 0 Å². The summed E-state index contributed by atoms with van der Waals surface area (Å²) in [4.78, 5) is 9.79. The molecule has 3 heterocycles. The molecule has 0 spiro atoms. The molecule has 3 rings (SSSR count). The van der Waals surface area contributed by atoms with E-state index in [1.807, 2.05) is 37.4 Å². The molecule has 0 atom stereocenters. The van der Waals surface area contributed by atoms with Gasteiger partial charge in [0.25, 0.3) is 0 Å². The van der Waals surface area contributed by atoms with Crippen LogP contribution in [0.25, 0.3) is 22.6 Å². The van der Waals surface area contributed by atoms with Crippen LogP contribution < -0.4 is 0 Å². The number of aromatic nitrogens is 3. The Morgan fingerprint density at radius 1 is 1.26 bits per heavy atom. The van der Waals surface area contributed by atoms with Gasteiger partial charge < -0.3 is 5.21 Å². The standard InChI is InChI=1S/C14H13N3OS/c1-9-13(11-4-3-6-15-8-11)16-14(17(9)18)12-5-7-19-10(12)2/h3-8,18H,1-2H3. The van der Waals surface area contributed by atoms with E-state index in [-0.39, 0.29) is 0 Å². The number of aryl methyl sites for hydroxylation is 1. The summed E-state index contributed by atoms with van der Waals surface area (Å²) < 4.78 is 1.15. The summed E-state index contributed by atoms with van der Waals surface area (Å²) in [6.07, 6.45) is 3.47. The average molecular weight is 271 g/mol. The molecular formula is C14H13N3OS. The van der Waals surface area contributed by atoms with Gasteiger partial charge in [0.15, 0.2) is 5.82 Å². The Labute approximate surface area is 115 Å². The van der Waals surface area contributed by atoms with E-state index in [2.05, 4.69) is 9.97 Å². The Balaban J connectivity index is 2.18. The first-order valence-electron chi connectivity index (χ1n) is 5.92. The molecule has 3 aromatic heterocycles. The monoisotopic (exact) mass is 271 g/mol. The van der Waals surface area contributed by atoms with Crippen molar-refractivity contribution in [2.45, 2.75) is 13.8 Å². The number of hydrogen-bond donors (Lipinski definition) is 1. The van der Waals surface area contributed by atoms with Crippen molar-refractivity contribution in [3.63, 3.8) is 0 Å². The van der Waals surface area contributed by atoms with E-state index in [4.69, 9.17) is 0 Å². The maximum absolute atomic E-state index is 10.2. The first-order valence-corrected chi connectivity index (χ1v) is 6.80. The zero-order valence-corrected chi connectivity index (χ0v) is 11.5. The van der Waals surface area contributed by atoms with Crippen molar-refractivity contribution in [3.05, 3.63) is 46.5 Å². The molecule has 3 aromatic rings. The minimum Gasteiger partial charge on any atom is -0.427 e. The van der Waals surface area contributed by atoms with E-state index < -0.39 is 0 Å². The van der Waals surface area contributed by atoms with Crippen LogP contribution in [-0.2, 0) is 0 Å². The van der Waals surface area contributed by atoms with Crippen LogP contribution in [-0.4, -0.2) is 19.9 Å². The molecular weight excluding hydrogens is 258 g/mol. The summed E-state index contributed by atoms with van der Waals surface area (Å²) in [5.41, 5.74) is 3.34. The van der Waals surface area contributed by atoms with Gasteiger partial charge in [-0.05, 0) is 37.4 Å². The van der Waals surface area contributed by atoms with Gasteiger partial charge in [0.2, 0.25) is 0 Å². The molecule has 0 unspecified atom stereocenters. The lowest BCUT2D eigenvalue weighted by molar-refractivity contribution is 0.185. The highest BCUT2D eigenvalue weighted by atomic mass is 32.1. The molecule has 96 valence electrons. The van der Waals surface area contributed by atoms with Crippen LogP contribution in [0.5, 0.6) is 0 Å². The lowest BCUT2D eigenvalue weighted by Crippen LogP contribution is -1.96. The molecule has 0 radical (unpaired) electrons. The van der Waals surface area contributed by atoms with Crippen LogP contribution in [0.15, 0.2) is 36.0 Å². The highest BCUT2D eigenvalue weighted by molar-refractivity contribution is 7.10. The molecule has 0 aliphatic rings. The summed E-state index contributed by atoms with van der Waals surface area (Å²) in [5, 5.41) is 12.2. The van der Waals surface area contributed by atoms with Gasteiger partial charge in [-0.2, -0.15) is 4.73 Å². The zero-order chi connectivity index (χ0) is 13.4. The maximum Gasteiger partial charge on any atom is 0.177 e. The van der Waals surface area contributed by atoms with Crippen molar-refractivity contribution in [2.24, 2.45) is 0 Å². The first-order chi connectivity index (χ1) is 9.18. The highest BCUT2D eigenvalue weighted by Crippen LogP contribution is 2.31. The Morgan fingerprint density at radius 3 is 2.74 bits per heavy atom. The SMILES string of the molecule is Cc1sccc1-c1nc(-c2cccnc2)c(C)n1O. The van der Waals surface area contributed by atoms with E-state index in [9.17, 15) is 5.21 Å². The minimum atomic E-state index is 0.579. The highest BCUT2D eigenvalue weighted by Gasteiger charge is 2.18. The Bertz CT molecular complexity index is 716. The van der Waals surface area contributed by atoms with Crippen LogP contribution in [0.2, 0.25) is 0 Å². The summed E-state index contributed by atoms with van der Waals surface area (Å²) in [5.74, 6) is 0.579. The van der Waals surface area contributed by atoms with Crippen LogP contribution in [0, 0.1) is 13.8 Å². The fourth-order valence-corrected chi connectivity index (χ4v) is 2.76. The maximum atomic E-state index is 10.2. The summed E-state index contributed by atoms with van der Waals surface area (Å²) >= 11 is 1.64. The number of imidazole rings is 1. The third kappa shape index (κ3) is 1.92. The van der Waals surface area contributed by atoms with Gasteiger partial charge in [-0.25, -0.2) is 4.98 Å². The molecule has 0 aromatic carbocycles. The molecule has 4 nitrogen and oxygen atoms in total. The number of nitrogens with zero attached hydrogens (tertiary/aromatic N) is 3. The van der Waals surface area contributed by atoms with Crippen molar-refractivity contribution in [2.75, 3.05) is 0 Å². The molecule has 19 heavy (non-hydrogen) atoms. The molecule has 0 fully saturated rings. The van der Waals surface area contributed by atoms with Crippen LogP contribution in [0.4, 0.5) is 0 Å².